The third-order valence-electron chi connectivity index (χ3n) is 2.55. The first-order chi connectivity index (χ1) is 8.20. The van der Waals surface area contributed by atoms with Crippen molar-refractivity contribution < 1.29 is 4.42 Å². The Morgan fingerprint density at radius 3 is 2.88 bits per heavy atom. The van der Waals surface area contributed by atoms with Crippen LogP contribution in [0.15, 0.2) is 29.2 Å². The Morgan fingerprint density at radius 1 is 1.47 bits per heavy atom. The molecule has 2 aromatic rings. The van der Waals surface area contributed by atoms with Crippen molar-refractivity contribution in [1.29, 1.82) is 0 Å². The summed E-state index contributed by atoms with van der Waals surface area (Å²) in [7, 11) is 1.95. The van der Waals surface area contributed by atoms with Crippen LogP contribution in [0.3, 0.4) is 0 Å². The van der Waals surface area contributed by atoms with E-state index in [0.29, 0.717) is 11.8 Å². The summed E-state index contributed by atoms with van der Waals surface area (Å²) in [6.45, 7) is 2.66. The van der Waals surface area contributed by atoms with Crippen LogP contribution in [-0.4, -0.2) is 17.0 Å². The highest BCUT2D eigenvalue weighted by molar-refractivity contribution is 6.17. The largest absolute Gasteiger partial charge is 0.472 e. The quantitative estimate of drug-likeness (QED) is 0.784. The van der Waals surface area contributed by atoms with E-state index >= 15 is 0 Å². The number of anilines is 1. The highest BCUT2D eigenvalue weighted by atomic mass is 35.5. The number of rotatable bonds is 4. The summed E-state index contributed by atoms with van der Waals surface area (Å²) in [5.74, 6) is 1.13. The van der Waals surface area contributed by atoms with E-state index in [9.17, 15) is 0 Å². The van der Waals surface area contributed by atoms with Crippen LogP contribution in [0.2, 0.25) is 0 Å². The maximum atomic E-state index is 5.77. The van der Waals surface area contributed by atoms with Gasteiger partial charge in [-0.05, 0) is 13.0 Å². The van der Waals surface area contributed by atoms with Gasteiger partial charge >= 0.3 is 0 Å². The Kier molecular flexibility index (Phi) is 3.64. The van der Waals surface area contributed by atoms with Crippen molar-refractivity contribution in [1.82, 2.24) is 9.97 Å². The fraction of sp³-hybridized carbons (Fsp3) is 0.333. The summed E-state index contributed by atoms with van der Waals surface area (Å²) >= 11 is 5.77. The molecule has 0 aliphatic heterocycles. The van der Waals surface area contributed by atoms with E-state index in [4.69, 9.17) is 16.0 Å². The van der Waals surface area contributed by atoms with Gasteiger partial charge in [0.1, 0.15) is 0 Å². The van der Waals surface area contributed by atoms with Gasteiger partial charge in [0.25, 0.3) is 0 Å². The smallest absolute Gasteiger partial charge is 0.225 e. The number of aryl methyl sites for hydroxylation is 1. The predicted molar refractivity (Wildman–Crippen MR) is 67.1 cm³/mol. The van der Waals surface area contributed by atoms with Crippen molar-refractivity contribution in [3.8, 4) is 0 Å². The number of halogens is 1. The highest BCUT2D eigenvalue weighted by Gasteiger charge is 2.08. The number of aromatic nitrogens is 2. The van der Waals surface area contributed by atoms with Gasteiger partial charge in [0.05, 0.1) is 18.4 Å². The standard InChI is InChI=1S/C12H14ClN3O/c1-9-11(5-13)6-14-12(15-9)16(2)7-10-3-4-17-8-10/h3-4,6,8H,5,7H2,1-2H3. The van der Waals surface area contributed by atoms with Crippen LogP contribution in [0.1, 0.15) is 16.8 Å². The lowest BCUT2D eigenvalue weighted by atomic mass is 10.3. The lowest BCUT2D eigenvalue weighted by Crippen LogP contribution is -2.19. The fourth-order valence-corrected chi connectivity index (χ4v) is 1.78. The zero-order valence-corrected chi connectivity index (χ0v) is 10.6. The second-order valence-electron chi connectivity index (χ2n) is 3.90. The molecule has 0 radical (unpaired) electrons. The minimum atomic E-state index is 0.442. The number of hydrogen-bond donors (Lipinski definition) is 0. The number of hydrogen-bond acceptors (Lipinski definition) is 4. The summed E-state index contributed by atoms with van der Waals surface area (Å²) in [6, 6.07) is 1.93. The van der Waals surface area contributed by atoms with Crippen molar-refractivity contribution in [2.24, 2.45) is 0 Å². The first-order valence-electron chi connectivity index (χ1n) is 5.31. The van der Waals surface area contributed by atoms with Crippen LogP contribution in [0, 0.1) is 6.92 Å². The van der Waals surface area contributed by atoms with Gasteiger partial charge in [0.15, 0.2) is 0 Å². The SMILES string of the molecule is Cc1nc(N(C)Cc2ccoc2)ncc1CCl. The molecule has 0 amide bonds. The van der Waals surface area contributed by atoms with Crippen LogP contribution in [0.25, 0.3) is 0 Å². The number of alkyl halides is 1. The molecule has 0 bridgehead atoms. The lowest BCUT2D eigenvalue weighted by Gasteiger charge is -2.16. The minimum absolute atomic E-state index is 0.442. The van der Waals surface area contributed by atoms with Gasteiger partial charge in [-0.25, -0.2) is 9.97 Å². The van der Waals surface area contributed by atoms with Gasteiger partial charge in [-0.3, -0.25) is 0 Å². The maximum absolute atomic E-state index is 5.77. The Labute approximate surface area is 105 Å². The summed E-state index contributed by atoms with van der Waals surface area (Å²) in [5, 5.41) is 0. The lowest BCUT2D eigenvalue weighted by molar-refractivity contribution is 0.563. The molecule has 2 rings (SSSR count). The molecular weight excluding hydrogens is 238 g/mol. The van der Waals surface area contributed by atoms with Crippen LogP contribution < -0.4 is 4.90 Å². The average molecular weight is 252 g/mol. The van der Waals surface area contributed by atoms with E-state index in [-0.39, 0.29) is 0 Å². The van der Waals surface area contributed by atoms with E-state index in [1.165, 1.54) is 0 Å². The number of furan rings is 1. The van der Waals surface area contributed by atoms with E-state index in [1.807, 2.05) is 24.9 Å². The first-order valence-corrected chi connectivity index (χ1v) is 5.85. The van der Waals surface area contributed by atoms with Gasteiger partial charge < -0.3 is 9.32 Å². The van der Waals surface area contributed by atoms with Crippen LogP contribution in [0.5, 0.6) is 0 Å². The van der Waals surface area contributed by atoms with Crippen molar-refractivity contribution in [2.45, 2.75) is 19.3 Å². The molecule has 0 aliphatic rings. The molecule has 2 aromatic heterocycles. The van der Waals surface area contributed by atoms with Crippen molar-refractivity contribution in [3.05, 3.63) is 41.6 Å². The maximum Gasteiger partial charge on any atom is 0.225 e. The topological polar surface area (TPSA) is 42.2 Å². The Balaban J connectivity index is 2.14. The molecule has 0 unspecified atom stereocenters. The summed E-state index contributed by atoms with van der Waals surface area (Å²) < 4.78 is 5.03. The van der Waals surface area contributed by atoms with Crippen LogP contribution in [-0.2, 0) is 12.4 Å². The molecule has 0 spiro atoms. The molecule has 0 N–H and O–H groups in total. The molecule has 0 fully saturated rings. The van der Waals surface area contributed by atoms with Crippen molar-refractivity contribution >= 4 is 17.5 Å². The molecule has 0 aromatic carbocycles. The minimum Gasteiger partial charge on any atom is -0.472 e. The zero-order chi connectivity index (χ0) is 12.3. The van der Waals surface area contributed by atoms with Crippen molar-refractivity contribution in [3.63, 3.8) is 0 Å². The molecule has 0 atom stereocenters. The van der Waals surface area contributed by atoms with E-state index < -0.39 is 0 Å². The normalized spacial score (nSPS) is 10.5. The van der Waals surface area contributed by atoms with E-state index in [0.717, 1.165) is 23.4 Å². The summed E-state index contributed by atoms with van der Waals surface area (Å²) in [4.78, 5) is 10.7. The monoisotopic (exact) mass is 251 g/mol. The van der Waals surface area contributed by atoms with Gasteiger partial charge in [0.2, 0.25) is 5.95 Å². The Bertz CT molecular complexity index is 485. The third-order valence-corrected chi connectivity index (χ3v) is 2.84. The van der Waals surface area contributed by atoms with Gasteiger partial charge in [0, 0.05) is 36.6 Å². The van der Waals surface area contributed by atoms with Gasteiger partial charge in [-0.15, -0.1) is 11.6 Å². The fourth-order valence-electron chi connectivity index (χ4n) is 1.52. The second kappa shape index (κ2) is 5.19. The molecule has 0 saturated carbocycles. The van der Waals surface area contributed by atoms with E-state index in [2.05, 4.69) is 9.97 Å². The van der Waals surface area contributed by atoms with Crippen molar-refractivity contribution in [2.75, 3.05) is 11.9 Å². The third kappa shape index (κ3) is 2.77. The first kappa shape index (κ1) is 11.9. The van der Waals surface area contributed by atoms with Gasteiger partial charge in [-0.2, -0.15) is 0 Å². The Hall–Kier alpha value is -1.55. The molecule has 2 heterocycles. The summed E-state index contributed by atoms with van der Waals surface area (Å²) in [6.07, 6.45) is 5.15. The van der Waals surface area contributed by atoms with E-state index in [1.54, 1.807) is 18.7 Å². The molecule has 4 nitrogen and oxygen atoms in total. The van der Waals surface area contributed by atoms with Gasteiger partial charge in [-0.1, -0.05) is 0 Å². The summed E-state index contributed by atoms with van der Waals surface area (Å²) in [5.41, 5.74) is 2.98. The highest BCUT2D eigenvalue weighted by Crippen LogP contribution is 2.14. The molecular formula is C12H14ClN3O. The van der Waals surface area contributed by atoms with Crippen LogP contribution >= 0.6 is 11.6 Å². The predicted octanol–water partition coefficient (Wildman–Crippen LogP) is 2.75. The number of nitrogens with zero attached hydrogens (tertiary/aromatic N) is 3. The molecule has 90 valence electrons. The second-order valence-corrected chi connectivity index (χ2v) is 4.17. The molecule has 5 heteroatoms. The zero-order valence-electron chi connectivity index (χ0n) is 9.85. The van der Waals surface area contributed by atoms with Crippen LogP contribution in [0.4, 0.5) is 5.95 Å². The molecule has 17 heavy (non-hydrogen) atoms. The average Bonchev–Trinajstić information content (AvgIpc) is 2.81. The molecule has 0 aliphatic carbocycles. The molecule has 0 saturated heterocycles. The Morgan fingerprint density at radius 2 is 2.29 bits per heavy atom.